The van der Waals surface area contributed by atoms with Crippen molar-refractivity contribution in [3.63, 3.8) is 0 Å². The van der Waals surface area contributed by atoms with Crippen molar-refractivity contribution in [1.29, 1.82) is 0 Å². The van der Waals surface area contributed by atoms with Crippen molar-refractivity contribution >= 4 is 17.4 Å². The van der Waals surface area contributed by atoms with Gasteiger partial charge in [0.15, 0.2) is 0 Å². The van der Waals surface area contributed by atoms with Gasteiger partial charge in [0, 0.05) is 11.3 Å². The van der Waals surface area contributed by atoms with Gasteiger partial charge in [0.1, 0.15) is 17.3 Å². The molecule has 3 aromatic carbocycles. The van der Waals surface area contributed by atoms with Gasteiger partial charge in [-0.05, 0) is 29.7 Å². The molecule has 0 saturated heterocycles. The molecule has 1 amide bonds. The topological polar surface area (TPSA) is 38.3 Å². The molecule has 0 unspecified atom stereocenters. The summed E-state index contributed by atoms with van der Waals surface area (Å²) in [4.78, 5) is 13.3. The summed E-state index contributed by atoms with van der Waals surface area (Å²) in [5.74, 6) is 0.750. The summed E-state index contributed by atoms with van der Waals surface area (Å²) in [6.07, 6.45) is 2.28. The first-order chi connectivity index (χ1) is 13.3. The van der Waals surface area contributed by atoms with Crippen molar-refractivity contribution in [1.82, 2.24) is 0 Å². The van der Waals surface area contributed by atoms with E-state index < -0.39 is 5.41 Å². The molecular weight excluding hydrogens is 334 g/mol. The van der Waals surface area contributed by atoms with Crippen LogP contribution in [0.3, 0.4) is 0 Å². The fourth-order valence-corrected chi connectivity index (χ4v) is 4.08. The van der Waals surface area contributed by atoms with Crippen LogP contribution in [-0.4, -0.2) is 5.91 Å². The standard InChI is InChI=1S/C24H19NO2/c26-23-24(15-19-13-7-8-14-20(19)25-23)16-21(17-9-3-1-4-10-17)27-22(24)18-11-5-2-6-12-18/h1-14,16,22H,15H2,(H,25,26)/t22-,24-/m0/s1. The number of nitrogens with one attached hydrogen (secondary N) is 1. The van der Waals surface area contributed by atoms with E-state index in [1.54, 1.807) is 0 Å². The number of hydrogen-bond acceptors (Lipinski definition) is 2. The van der Waals surface area contributed by atoms with Gasteiger partial charge in [0.2, 0.25) is 5.91 Å². The number of anilines is 1. The average molecular weight is 353 g/mol. The summed E-state index contributed by atoms with van der Waals surface area (Å²) >= 11 is 0. The predicted molar refractivity (Wildman–Crippen MR) is 106 cm³/mol. The third-order valence-corrected chi connectivity index (χ3v) is 5.43. The fourth-order valence-electron chi connectivity index (χ4n) is 4.08. The van der Waals surface area contributed by atoms with Crippen molar-refractivity contribution in [2.24, 2.45) is 5.41 Å². The van der Waals surface area contributed by atoms with E-state index in [0.717, 1.165) is 28.1 Å². The molecule has 132 valence electrons. The molecular formula is C24H19NO2. The number of carbonyl (C=O) groups excluding carboxylic acids is 1. The molecule has 1 spiro atoms. The second kappa shape index (κ2) is 6.13. The summed E-state index contributed by atoms with van der Waals surface area (Å²) in [6, 6.07) is 28.0. The predicted octanol–water partition coefficient (Wildman–Crippen LogP) is 4.98. The Bertz CT molecular complexity index is 1030. The lowest BCUT2D eigenvalue weighted by molar-refractivity contribution is -0.127. The van der Waals surface area contributed by atoms with Gasteiger partial charge in [-0.25, -0.2) is 0 Å². The smallest absolute Gasteiger partial charge is 0.239 e. The highest BCUT2D eigenvalue weighted by molar-refractivity contribution is 6.02. The van der Waals surface area contributed by atoms with Crippen molar-refractivity contribution in [2.75, 3.05) is 5.32 Å². The van der Waals surface area contributed by atoms with E-state index in [9.17, 15) is 4.79 Å². The number of carbonyl (C=O) groups is 1. The first-order valence-electron chi connectivity index (χ1n) is 9.15. The summed E-state index contributed by atoms with van der Waals surface area (Å²) in [6.45, 7) is 0. The van der Waals surface area contributed by atoms with E-state index in [2.05, 4.69) is 11.4 Å². The van der Waals surface area contributed by atoms with Crippen molar-refractivity contribution in [3.05, 3.63) is 108 Å². The van der Waals surface area contributed by atoms with E-state index in [1.807, 2.05) is 84.9 Å². The normalized spacial score (nSPS) is 23.3. The second-order valence-corrected chi connectivity index (χ2v) is 7.11. The third-order valence-electron chi connectivity index (χ3n) is 5.43. The number of hydrogen-bond donors (Lipinski definition) is 1. The van der Waals surface area contributed by atoms with Gasteiger partial charge >= 0.3 is 0 Å². The molecule has 0 aromatic heterocycles. The van der Waals surface area contributed by atoms with Gasteiger partial charge < -0.3 is 10.1 Å². The summed E-state index contributed by atoms with van der Waals surface area (Å²) in [5.41, 5.74) is 3.26. The minimum Gasteiger partial charge on any atom is -0.484 e. The van der Waals surface area contributed by atoms with Crippen molar-refractivity contribution in [2.45, 2.75) is 12.5 Å². The zero-order chi connectivity index (χ0) is 18.3. The van der Waals surface area contributed by atoms with Gasteiger partial charge in [-0.3, -0.25) is 4.79 Å². The molecule has 0 radical (unpaired) electrons. The lowest BCUT2D eigenvalue weighted by Gasteiger charge is -2.36. The van der Waals surface area contributed by atoms with Crippen molar-refractivity contribution in [3.8, 4) is 0 Å². The molecule has 27 heavy (non-hydrogen) atoms. The molecule has 2 aliphatic rings. The first-order valence-corrected chi connectivity index (χ1v) is 9.15. The van der Waals surface area contributed by atoms with E-state index in [4.69, 9.17) is 4.74 Å². The summed E-state index contributed by atoms with van der Waals surface area (Å²) < 4.78 is 6.41. The van der Waals surface area contributed by atoms with Crippen LogP contribution in [0.1, 0.15) is 22.8 Å². The lowest BCUT2D eigenvalue weighted by Crippen LogP contribution is -2.43. The molecule has 1 N–H and O–H groups in total. The second-order valence-electron chi connectivity index (χ2n) is 7.11. The van der Waals surface area contributed by atoms with Gasteiger partial charge in [-0.15, -0.1) is 0 Å². The maximum absolute atomic E-state index is 13.3. The van der Waals surface area contributed by atoms with Crippen LogP contribution in [0.15, 0.2) is 91.0 Å². The molecule has 3 heteroatoms. The highest BCUT2D eigenvalue weighted by Crippen LogP contribution is 2.53. The van der Waals surface area contributed by atoms with Gasteiger partial charge in [0.05, 0.1) is 0 Å². The molecule has 0 bridgehead atoms. The minimum absolute atomic E-state index is 0.0130. The fraction of sp³-hybridized carbons (Fsp3) is 0.125. The molecule has 2 atom stereocenters. The zero-order valence-corrected chi connectivity index (χ0v) is 14.8. The summed E-state index contributed by atoms with van der Waals surface area (Å²) in [7, 11) is 0. The van der Waals surface area contributed by atoms with Crippen LogP contribution >= 0.6 is 0 Å². The molecule has 3 aromatic rings. The molecule has 3 nitrogen and oxygen atoms in total. The Labute approximate surface area is 158 Å². The number of benzene rings is 3. The van der Waals surface area contributed by atoms with E-state index in [-0.39, 0.29) is 12.0 Å². The van der Waals surface area contributed by atoms with Gasteiger partial charge in [-0.1, -0.05) is 78.9 Å². The van der Waals surface area contributed by atoms with Gasteiger partial charge in [0.25, 0.3) is 0 Å². The maximum Gasteiger partial charge on any atom is 0.239 e. The minimum atomic E-state index is -0.763. The number of amides is 1. The van der Waals surface area contributed by atoms with E-state index >= 15 is 0 Å². The monoisotopic (exact) mass is 353 g/mol. The maximum atomic E-state index is 13.3. The van der Waals surface area contributed by atoms with E-state index in [0.29, 0.717) is 6.42 Å². The number of rotatable bonds is 2. The van der Waals surface area contributed by atoms with Crippen LogP contribution in [0, 0.1) is 5.41 Å². The van der Waals surface area contributed by atoms with Crippen LogP contribution in [0.5, 0.6) is 0 Å². The molecule has 0 aliphatic carbocycles. The Balaban J connectivity index is 1.66. The van der Waals surface area contributed by atoms with Crippen LogP contribution in [0.2, 0.25) is 0 Å². The highest BCUT2D eigenvalue weighted by atomic mass is 16.5. The average Bonchev–Trinajstić information content (AvgIpc) is 3.10. The molecule has 5 rings (SSSR count). The van der Waals surface area contributed by atoms with Crippen LogP contribution in [-0.2, 0) is 16.0 Å². The molecule has 2 aliphatic heterocycles. The van der Waals surface area contributed by atoms with Crippen LogP contribution in [0.4, 0.5) is 5.69 Å². The SMILES string of the molecule is O=C1Nc2ccccc2C[C@@]12C=C(c1ccccc1)O[C@H]2c1ccccc1. The van der Waals surface area contributed by atoms with E-state index in [1.165, 1.54) is 0 Å². The first kappa shape index (κ1) is 15.9. The Morgan fingerprint density at radius 1 is 0.852 bits per heavy atom. The number of fused-ring (bicyclic) bond motifs is 1. The summed E-state index contributed by atoms with van der Waals surface area (Å²) in [5, 5.41) is 3.10. The number of ether oxygens (including phenoxy) is 1. The quantitative estimate of drug-likeness (QED) is 0.706. The lowest BCUT2D eigenvalue weighted by atomic mass is 9.72. The zero-order valence-electron chi connectivity index (χ0n) is 14.8. The van der Waals surface area contributed by atoms with Crippen molar-refractivity contribution < 1.29 is 9.53 Å². The third kappa shape index (κ3) is 2.55. The molecule has 2 heterocycles. The Kier molecular flexibility index (Phi) is 3.61. The largest absolute Gasteiger partial charge is 0.484 e. The van der Waals surface area contributed by atoms with Crippen LogP contribution < -0.4 is 5.32 Å². The Hall–Kier alpha value is -3.33. The molecule has 0 saturated carbocycles. The van der Waals surface area contributed by atoms with Crippen LogP contribution in [0.25, 0.3) is 5.76 Å². The Morgan fingerprint density at radius 3 is 2.30 bits per heavy atom. The molecule has 0 fully saturated rings. The number of para-hydroxylation sites is 1. The highest BCUT2D eigenvalue weighted by Gasteiger charge is 2.53. The van der Waals surface area contributed by atoms with Gasteiger partial charge in [-0.2, -0.15) is 0 Å². The Morgan fingerprint density at radius 2 is 1.52 bits per heavy atom.